The number of nitrogens with one attached hydrogen (secondary N) is 1. The molecule has 2 aromatic carbocycles. The van der Waals surface area contributed by atoms with Gasteiger partial charge in [-0.15, -0.1) is 0 Å². The predicted octanol–water partition coefficient (Wildman–Crippen LogP) is 4.09. The summed E-state index contributed by atoms with van der Waals surface area (Å²) in [4.78, 5) is 0. The second kappa shape index (κ2) is 5.31. The number of anilines is 3. The largest absolute Gasteiger partial charge is 0.497 e. The molecule has 0 saturated carbocycles. The number of aryl methyl sites for hydroxylation is 1. The molecule has 94 valence electrons. The van der Waals surface area contributed by atoms with E-state index < -0.39 is 0 Å². The van der Waals surface area contributed by atoms with Crippen LogP contribution in [0.2, 0.25) is 0 Å². The fourth-order valence-corrected chi connectivity index (χ4v) is 2.08. The number of benzene rings is 2. The molecule has 0 fully saturated rings. The molecule has 3 nitrogen and oxygen atoms in total. The van der Waals surface area contributed by atoms with Crippen molar-refractivity contribution < 1.29 is 4.74 Å². The number of nitrogens with two attached hydrogens (primary N) is 1. The average molecular weight is 307 g/mol. The topological polar surface area (TPSA) is 47.3 Å². The second-order valence-electron chi connectivity index (χ2n) is 4.06. The summed E-state index contributed by atoms with van der Waals surface area (Å²) >= 11 is 3.57. The van der Waals surface area contributed by atoms with Gasteiger partial charge in [0.2, 0.25) is 0 Å². The third-order valence-corrected chi connectivity index (χ3v) is 3.69. The van der Waals surface area contributed by atoms with Crippen molar-refractivity contribution >= 4 is 33.0 Å². The van der Waals surface area contributed by atoms with Gasteiger partial charge in [-0.05, 0) is 40.5 Å². The molecular formula is C14H15BrN2O. The van der Waals surface area contributed by atoms with Crippen molar-refractivity contribution in [1.29, 1.82) is 0 Å². The van der Waals surface area contributed by atoms with Gasteiger partial charge in [-0.1, -0.05) is 12.1 Å². The van der Waals surface area contributed by atoms with Gasteiger partial charge in [0.1, 0.15) is 5.75 Å². The number of methoxy groups -OCH3 is 1. The standard InChI is InChI=1S/C14H15BrN2O/c1-9-4-3-5-13(14(9)15)17-11-6-10(16)7-12(8-11)18-2/h3-8,17H,16H2,1-2H3. The minimum Gasteiger partial charge on any atom is -0.497 e. The van der Waals surface area contributed by atoms with E-state index in [2.05, 4.69) is 34.2 Å². The molecule has 3 N–H and O–H groups in total. The molecule has 4 heteroatoms. The van der Waals surface area contributed by atoms with Crippen LogP contribution in [0.4, 0.5) is 17.1 Å². The van der Waals surface area contributed by atoms with Crippen molar-refractivity contribution in [2.75, 3.05) is 18.2 Å². The molecule has 2 rings (SSSR count). The summed E-state index contributed by atoms with van der Waals surface area (Å²) in [5.74, 6) is 0.737. The number of hydrogen-bond acceptors (Lipinski definition) is 3. The first-order chi connectivity index (χ1) is 8.60. The van der Waals surface area contributed by atoms with Gasteiger partial charge < -0.3 is 15.8 Å². The maximum Gasteiger partial charge on any atom is 0.122 e. The summed E-state index contributed by atoms with van der Waals surface area (Å²) in [5.41, 5.74) is 9.57. The van der Waals surface area contributed by atoms with Crippen molar-refractivity contribution in [1.82, 2.24) is 0 Å². The first-order valence-electron chi connectivity index (χ1n) is 5.57. The van der Waals surface area contributed by atoms with Crippen LogP contribution >= 0.6 is 15.9 Å². The number of hydrogen-bond donors (Lipinski definition) is 2. The lowest BCUT2D eigenvalue weighted by atomic mass is 10.2. The molecule has 0 atom stereocenters. The molecule has 0 unspecified atom stereocenters. The van der Waals surface area contributed by atoms with Crippen LogP contribution in [-0.2, 0) is 0 Å². The van der Waals surface area contributed by atoms with Gasteiger partial charge in [-0.3, -0.25) is 0 Å². The number of ether oxygens (including phenoxy) is 1. The first kappa shape index (κ1) is 12.8. The van der Waals surface area contributed by atoms with Gasteiger partial charge >= 0.3 is 0 Å². The molecule has 18 heavy (non-hydrogen) atoms. The number of halogens is 1. The first-order valence-corrected chi connectivity index (χ1v) is 6.36. The molecule has 0 heterocycles. The van der Waals surface area contributed by atoms with E-state index in [-0.39, 0.29) is 0 Å². The van der Waals surface area contributed by atoms with Crippen LogP contribution in [0.5, 0.6) is 5.75 Å². The summed E-state index contributed by atoms with van der Waals surface area (Å²) in [5, 5.41) is 3.32. The smallest absolute Gasteiger partial charge is 0.122 e. The normalized spacial score (nSPS) is 10.2. The minimum absolute atomic E-state index is 0.667. The van der Waals surface area contributed by atoms with Crippen LogP contribution in [0, 0.1) is 6.92 Å². The van der Waals surface area contributed by atoms with E-state index in [0.29, 0.717) is 5.69 Å². The predicted molar refractivity (Wildman–Crippen MR) is 79.6 cm³/mol. The maximum absolute atomic E-state index is 5.82. The van der Waals surface area contributed by atoms with E-state index in [4.69, 9.17) is 10.5 Å². The van der Waals surface area contributed by atoms with Crippen molar-refractivity contribution in [3.05, 3.63) is 46.4 Å². The van der Waals surface area contributed by atoms with Crippen molar-refractivity contribution in [3.8, 4) is 5.75 Å². The van der Waals surface area contributed by atoms with Crippen LogP contribution in [0.3, 0.4) is 0 Å². The van der Waals surface area contributed by atoms with Gasteiger partial charge in [0, 0.05) is 28.0 Å². The Kier molecular flexibility index (Phi) is 3.77. The Morgan fingerprint density at radius 1 is 1.22 bits per heavy atom. The summed E-state index contributed by atoms with van der Waals surface area (Å²) in [6.45, 7) is 2.05. The zero-order valence-corrected chi connectivity index (χ0v) is 11.9. The Balaban J connectivity index is 2.34. The van der Waals surface area contributed by atoms with Crippen LogP contribution < -0.4 is 15.8 Å². The summed E-state index contributed by atoms with van der Waals surface area (Å²) in [6, 6.07) is 11.6. The van der Waals surface area contributed by atoms with Crippen molar-refractivity contribution in [3.63, 3.8) is 0 Å². The third-order valence-electron chi connectivity index (χ3n) is 2.64. The van der Waals surface area contributed by atoms with E-state index in [1.54, 1.807) is 13.2 Å². The Labute approximate surface area is 115 Å². The highest BCUT2D eigenvalue weighted by molar-refractivity contribution is 9.10. The fourth-order valence-electron chi connectivity index (χ4n) is 1.71. The Morgan fingerprint density at radius 2 is 2.00 bits per heavy atom. The van der Waals surface area contributed by atoms with Gasteiger partial charge in [0.05, 0.1) is 12.8 Å². The lowest BCUT2D eigenvalue weighted by molar-refractivity contribution is 0.415. The van der Waals surface area contributed by atoms with E-state index >= 15 is 0 Å². The number of nitrogen functional groups attached to an aromatic ring is 1. The average Bonchev–Trinajstić information content (AvgIpc) is 2.34. The Hall–Kier alpha value is -1.68. The quantitative estimate of drug-likeness (QED) is 0.840. The van der Waals surface area contributed by atoms with Crippen LogP contribution in [0.15, 0.2) is 40.9 Å². The molecule has 0 aliphatic heterocycles. The SMILES string of the molecule is COc1cc(N)cc(Nc2cccc(C)c2Br)c1. The van der Waals surface area contributed by atoms with Crippen LogP contribution in [-0.4, -0.2) is 7.11 Å². The zero-order valence-electron chi connectivity index (χ0n) is 10.3. The Morgan fingerprint density at radius 3 is 2.72 bits per heavy atom. The zero-order chi connectivity index (χ0) is 13.1. The molecular weight excluding hydrogens is 292 g/mol. The maximum atomic E-state index is 5.82. The van der Waals surface area contributed by atoms with Crippen LogP contribution in [0.25, 0.3) is 0 Å². The molecule has 0 bridgehead atoms. The minimum atomic E-state index is 0.667. The van der Waals surface area contributed by atoms with E-state index in [9.17, 15) is 0 Å². The van der Waals surface area contributed by atoms with Gasteiger partial charge in [-0.25, -0.2) is 0 Å². The third kappa shape index (κ3) is 2.76. The summed E-state index contributed by atoms with van der Waals surface area (Å²) < 4.78 is 6.24. The molecule has 0 aliphatic rings. The molecule has 0 aliphatic carbocycles. The van der Waals surface area contributed by atoms with Crippen molar-refractivity contribution in [2.45, 2.75) is 6.92 Å². The second-order valence-corrected chi connectivity index (χ2v) is 4.85. The monoisotopic (exact) mass is 306 g/mol. The van der Waals surface area contributed by atoms with E-state index in [1.807, 2.05) is 24.3 Å². The number of rotatable bonds is 3. The molecule has 0 aromatic heterocycles. The molecule has 2 aromatic rings. The van der Waals surface area contributed by atoms with Gasteiger partial charge in [0.25, 0.3) is 0 Å². The molecule has 0 saturated heterocycles. The Bertz CT molecular complexity index is 570. The lowest BCUT2D eigenvalue weighted by Gasteiger charge is -2.12. The lowest BCUT2D eigenvalue weighted by Crippen LogP contribution is -1.95. The van der Waals surface area contributed by atoms with Gasteiger partial charge in [0.15, 0.2) is 0 Å². The fraction of sp³-hybridized carbons (Fsp3) is 0.143. The summed E-state index contributed by atoms with van der Waals surface area (Å²) in [6.07, 6.45) is 0. The summed E-state index contributed by atoms with van der Waals surface area (Å²) in [7, 11) is 1.63. The van der Waals surface area contributed by atoms with E-state index in [1.165, 1.54) is 5.56 Å². The highest BCUT2D eigenvalue weighted by Crippen LogP contribution is 2.31. The molecule has 0 amide bonds. The molecule has 0 radical (unpaired) electrons. The van der Waals surface area contributed by atoms with Gasteiger partial charge in [-0.2, -0.15) is 0 Å². The highest BCUT2D eigenvalue weighted by atomic mass is 79.9. The van der Waals surface area contributed by atoms with Crippen molar-refractivity contribution in [2.24, 2.45) is 0 Å². The molecule has 0 spiro atoms. The van der Waals surface area contributed by atoms with Crippen LogP contribution in [0.1, 0.15) is 5.56 Å². The highest BCUT2D eigenvalue weighted by Gasteiger charge is 2.04. The van der Waals surface area contributed by atoms with E-state index in [0.717, 1.165) is 21.6 Å².